The number of rotatable bonds is 3. The second kappa shape index (κ2) is 13.3. The van der Waals surface area contributed by atoms with E-state index < -0.39 is 0 Å². The third-order valence-electron chi connectivity index (χ3n) is 2.13. The van der Waals surface area contributed by atoms with Gasteiger partial charge in [0.1, 0.15) is 0 Å². The van der Waals surface area contributed by atoms with Crippen LogP contribution in [0.5, 0.6) is 0 Å². The average Bonchev–Trinajstić information content (AvgIpc) is 2.58. The monoisotopic (exact) mass is 331 g/mol. The van der Waals surface area contributed by atoms with Gasteiger partial charge in [-0.2, -0.15) is 0 Å². The van der Waals surface area contributed by atoms with Crippen molar-refractivity contribution in [3.05, 3.63) is 66.0 Å². The van der Waals surface area contributed by atoms with Gasteiger partial charge in [0.05, 0.1) is 17.2 Å². The molecule has 1 unspecified atom stereocenters. The highest BCUT2D eigenvalue weighted by atomic mass is 35.5. The Balaban J connectivity index is 0.000000521. The van der Waals surface area contributed by atoms with Crippen LogP contribution < -0.4 is 0 Å². The van der Waals surface area contributed by atoms with Crippen molar-refractivity contribution in [2.45, 2.75) is 19.2 Å². The van der Waals surface area contributed by atoms with E-state index in [4.69, 9.17) is 11.6 Å². The number of aromatic nitrogens is 1. The summed E-state index contributed by atoms with van der Waals surface area (Å²) in [6.07, 6.45) is 5.29. The molecule has 2 rings (SSSR count). The Kier molecular flexibility index (Phi) is 12.8. The predicted octanol–water partition coefficient (Wildman–Crippen LogP) is 5.87. The Morgan fingerprint density at radius 2 is 1.60 bits per heavy atom. The van der Waals surface area contributed by atoms with Crippen LogP contribution >= 0.6 is 35.5 Å². The summed E-state index contributed by atoms with van der Waals surface area (Å²) in [7, 11) is 0. The highest BCUT2D eigenvalue weighted by molar-refractivity contribution is 7.94. The Hall–Kier alpha value is -0.740. The third-order valence-corrected chi connectivity index (χ3v) is 3.14. The lowest BCUT2D eigenvalue weighted by Gasteiger charge is -2.08. The van der Waals surface area contributed by atoms with Crippen molar-refractivity contribution in [3.8, 4) is 0 Å². The van der Waals surface area contributed by atoms with E-state index >= 15 is 0 Å². The van der Waals surface area contributed by atoms with E-state index in [2.05, 4.69) is 20.6 Å². The fourth-order valence-corrected chi connectivity index (χ4v) is 1.61. The van der Waals surface area contributed by atoms with Crippen molar-refractivity contribution < 1.29 is 3.74 Å². The fourth-order valence-electron chi connectivity index (χ4n) is 1.34. The normalized spacial score (nSPS) is 10.4. The lowest BCUT2D eigenvalue weighted by atomic mass is 10.1. The number of alkyl halides is 1. The number of pyridine rings is 1. The van der Waals surface area contributed by atoms with E-state index in [-0.39, 0.29) is 5.38 Å². The number of nitrogens with zero attached hydrogens (tertiary/aromatic N) is 1. The molecule has 0 spiro atoms. The van der Waals surface area contributed by atoms with Crippen LogP contribution in [0.15, 0.2) is 54.9 Å². The predicted molar refractivity (Wildman–Crippen MR) is 90.2 cm³/mol. The molecule has 2 nitrogen and oxygen atoms in total. The van der Waals surface area contributed by atoms with Gasteiger partial charge in [-0.1, -0.05) is 50.2 Å². The number of hydrogen-bond acceptors (Lipinski definition) is 3. The van der Waals surface area contributed by atoms with Gasteiger partial charge >= 0.3 is 0 Å². The van der Waals surface area contributed by atoms with E-state index in [1.54, 1.807) is 18.6 Å². The van der Waals surface area contributed by atoms with Gasteiger partial charge in [-0.3, -0.25) is 4.98 Å². The standard InChI is InChI=1S/C12H10ClN.C2H6.CH3ClOS/c13-12(10-5-2-1-3-6-10)11-7-4-8-14-9-11;1-2;1-4-3-2/h1-9,12H;1-2H3;1H3. The van der Waals surface area contributed by atoms with E-state index in [1.165, 1.54) is 0 Å². The van der Waals surface area contributed by atoms with Crippen LogP contribution in [0.3, 0.4) is 0 Å². The summed E-state index contributed by atoms with van der Waals surface area (Å²) in [5.41, 5.74) is 2.13. The van der Waals surface area contributed by atoms with Crippen molar-refractivity contribution in [2.75, 3.05) is 6.26 Å². The molecule has 0 N–H and O–H groups in total. The lowest BCUT2D eigenvalue weighted by Crippen LogP contribution is -1.92. The molecule has 0 aliphatic carbocycles. The Morgan fingerprint density at radius 3 is 2.05 bits per heavy atom. The van der Waals surface area contributed by atoms with E-state index in [0.717, 1.165) is 23.2 Å². The summed E-state index contributed by atoms with van der Waals surface area (Å²) < 4.78 is 3.93. The van der Waals surface area contributed by atoms with Gasteiger partial charge in [0, 0.05) is 30.7 Å². The quantitative estimate of drug-likeness (QED) is 0.518. The zero-order valence-electron chi connectivity index (χ0n) is 11.8. The Labute approximate surface area is 135 Å². The molecule has 1 atom stereocenters. The summed E-state index contributed by atoms with van der Waals surface area (Å²) in [5.74, 6) is 0. The maximum Gasteiger partial charge on any atom is 0.0850 e. The first-order chi connectivity index (χ1) is 9.79. The summed E-state index contributed by atoms with van der Waals surface area (Å²) >= 11 is 12.1. The van der Waals surface area contributed by atoms with Gasteiger partial charge in [-0.15, -0.1) is 11.6 Å². The smallest absolute Gasteiger partial charge is 0.0850 e. The van der Waals surface area contributed by atoms with Crippen LogP contribution in [0.2, 0.25) is 0 Å². The summed E-state index contributed by atoms with van der Waals surface area (Å²) in [5, 5.41) is -0.107. The minimum atomic E-state index is -0.107. The van der Waals surface area contributed by atoms with Crippen LogP contribution in [0.25, 0.3) is 0 Å². The molecular formula is C15H19Cl2NOS. The van der Waals surface area contributed by atoms with Crippen molar-refractivity contribution in [3.63, 3.8) is 0 Å². The Morgan fingerprint density at radius 1 is 1.05 bits per heavy atom. The van der Waals surface area contributed by atoms with Crippen LogP contribution in [0.1, 0.15) is 30.4 Å². The molecule has 1 aromatic carbocycles. The molecule has 0 saturated carbocycles. The molecule has 1 aromatic heterocycles. The molecule has 20 heavy (non-hydrogen) atoms. The van der Waals surface area contributed by atoms with Crippen LogP contribution in [-0.2, 0) is 3.74 Å². The largest absolute Gasteiger partial charge is 0.264 e. The molecule has 0 radical (unpaired) electrons. The summed E-state index contributed by atoms with van der Waals surface area (Å²) in [4.78, 5) is 4.05. The Bertz CT molecular complexity index is 387. The van der Waals surface area contributed by atoms with E-state index in [0.29, 0.717) is 0 Å². The molecule has 0 aliphatic heterocycles. The van der Waals surface area contributed by atoms with Gasteiger partial charge in [0.15, 0.2) is 0 Å². The lowest BCUT2D eigenvalue weighted by molar-refractivity contribution is 0.733. The first kappa shape index (κ1) is 19.3. The maximum absolute atomic E-state index is 6.29. The van der Waals surface area contributed by atoms with Gasteiger partial charge in [-0.05, 0) is 17.2 Å². The summed E-state index contributed by atoms with van der Waals surface area (Å²) in [6, 6.07) is 13.9. The fraction of sp³-hybridized carbons (Fsp3) is 0.267. The molecule has 2 aromatic rings. The molecule has 110 valence electrons. The molecule has 0 fully saturated rings. The number of benzene rings is 1. The molecule has 0 saturated heterocycles. The highest BCUT2D eigenvalue weighted by Gasteiger charge is 2.09. The van der Waals surface area contributed by atoms with Crippen molar-refractivity contribution >= 4 is 35.5 Å². The molecule has 1 heterocycles. The van der Waals surface area contributed by atoms with Crippen LogP contribution in [0, 0.1) is 0 Å². The van der Waals surface area contributed by atoms with Crippen LogP contribution in [-0.4, -0.2) is 11.2 Å². The maximum atomic E-state index is 6.29. The highest BCUT2D eigenvalue weighted by Crippen LogP contribution is 2.27. The first-order valence-corrected chi connectivity index (χ1v) is 8.09. The first-order valence-electron chi connectivity index (χ1n) is 6.20. The van der Waals surface area contributed by atoms with Crippen molar-refractivity contribution in [2.24, 2.45) is 0 Å². The minimum absolute atomic E-state index is 0.107. The topological polar surface area (TPSA) is 22.1 Å². The van der Waals surface area contributed by atoms with Crippen molar-refractivity contribution in [1.29, 1.82) is 0 Å². The van der Waals surface area contributed by atoms with Gasteiger partial charge < -0.3 is 0 Å². The van der Waals surface area contributed by atoms with Gasteiger partial charge in [0.2, 0.25) is 0 Å². The number of hydrogen-bond donors (Lipinski definition) is 0. The second-order valence-corrected chi connectivity index (χ2v) is 4.56. The second-order valence-electron chi connectivity index (χ2n) is 3.29. The molecule has 0 amide bonds. The third kappa shape index (κ3) is 7.75. The van der Waals surface area contributed by atoms with E-state index in [9.17, 15) is 0 Å². The zero-order chi connectivity index (χ0) is 15.2. The molecule has 0 aliphatic rings. The zero-order valence-corrected chi connectivity index (χ0v) is 14.1. The minimum Gasteiger partial charge on any atom is -0.264 e. The van der Waals surface area contributed by atoms with Gasteiger partial charge in [-0.25, -0.2) is 3.74 Å². The SMILES string of the molecule is CC.CSOCl.ClC(c1ccccc1)c1cccnc1. The molecule has 0 bridgehead atoms. The van der Waals surface area contributed by atoms with Crippen LogP contribution in [0.4, 0.5) is 0 Å². The van der Waals surface area contributed by atoms with Crippen molar-refractivity contribution in [1.82, 2.24) is 4.98 Å². The van der Waals surface area contributed by atoms with Gasteiger partial charge in [0.25, 0.3) is 0 Å². The number of halogens is 2. The average molecular weight is 332 g/mol. The molecular weight excluding hydrogens is 313 g/mol. The molecule has 5 heteroatoms. The van der Waals surface area contributed by atoms with E-state index in [1.807, 2.05) is 56.3 Å². The summed E-state index contributed by atoms with van der Waals surface area (Å²) in [6.45, 7) is 4.00.